The fourth-order valence-electron chi connectivity index (χ4n) is 1.48. The van der Waals surface area contributed by atoms with Crippen molar-refractivity contribution in [2.24, 2.45) is 11.3 Å². The van der Waals surface area contributed by atoms with Crippen LogP contribution in [-0.2, 0) is 0 Å². The molecule has 0 spiro atoms. The lowest BCUT2D eigenvalue weighted by Crippen LogP contribution is -2.33. The Kier molecular flexibility index (Phi) is 7.20. The average Bonchev–Trinajstić information content (AvgIpc) is 2.00. The molecule has 0 radical (unpaired) electrons. The van der Waals surface area contributed by atoms with Gasteiger partial charge in [-0.15, -0.1) is 0 Å². The summed E-state index contributed by atoms with van der Waals surface area (Å²) >= 11 is 0. The van der Waals surface area contributed by atoms with Crippen molar-refractivity contribution in [3.8, 4) is 0 Å². The highest BCUT2D eigenvalue weighted by Gasteiger charge is 2.10. The van der Waals surface area contributed by atoms with Crippen LogP contribution in [0, 0.1) is 11.3 Å². The lowest BCUT2D eigenvalue weighted by atomic mass is 9.97. The Morgan fingerprint density at radius 2 is 1.73 bits per heavy atom. The monoisotopic (exact) mass is 215 g/mol. The highest BCUT2D eigenvalue weighted by Crippen LogP contribution is 2.11. The van der Waals surface area contributed by atoms with E-state index in [4.69, 9.17) is 0 Å². The van der Waals surface area contributed by atoms with Crippen molar-refractivity contribution in [1.82, 2.24) is 5.32 Å². The van der Waals surface area contributed by atoms with Gasteiger partial charge in [-0.2, -0.15) is 0 Å². The third-order valence-corrected chi connectivity index (χ3v) is 2.35. The van der Waals surface area contributed by atoms with E-state index < -0.39 is 0 Å². The SMILES string of the molecule is CC(C)CCC[C@@H](O)CNCC(C)(C)C. The Morgan fingerprint density at radius 3 is 2.20 bits per heavy atom. The molecule has 2 heteroatoms. The number of hydrogen-bond donors (Lipinski definition) is 2. The first kappa shape index (κ1) is 14.9. The smallest absolute Gasteiger partial charge is 0.0664 e. The van der Waals surface area contributed by atoms with Gasteiger partial charge < -0.3 is 10.4 Å². The fraction of sp³-hybridized carbons (Fsp3) is 1.00. The van der Waals surface area contributed by atoms with Gasteiger partial charge in [0.1, 0.15) is 0 Å². The molecule has 0 aromatic heterocycles. The summed E-state index contributed by atoms with van der Waals surface area (Å²) in [5, 5.41) is 13.0. The van der Waals surface area contributed by atoms with Gasteiger partial charge >= 0.3 is 0 Å². The van der Waals surface area contributed by atoms with Crippen LogP contribution in [0.1, 0.15) is 53.9 Å². The zero-order valence-electron chi connectivity index (χ0n) is 11.1. The first-order chi connectivity index (χ1) is 6.81. The molecule has 2 nitrogen and oxygen atoms in total. The summed E-state index contributed by atoms with van der Waals surface area (Å²) in [5.41, 5.74) is 0.303. The molecule has 0 rings (SSSR count). The van der Waals surface area contributed by atoms with Crippen molar-refractivity contribution in [2.45, 2.75) is 60.0 Å². The van der Waals surface area contributed by atoms with Crippen LogP contribution in [0.25, 0.3) is 0 Å². The largest absolute Gasteiger partial charge is 0.392 e. The summed E-state index contributed by atoms with van der Waals surface area (Å²) in [7, 11) is 0. The molecule has 0 saturated heterocycles. The first-order valence-electron chi connectivity index (χ1n) is 6.20. The van der Waals surface area contributed by atoms with Crippen molar-refractivity contribution in [3.05, 3.63) is 0 Å². The van der Waals surface area contributed by atoms with Gasteiger partial charge in [0.2, 0.25) is 0 Å². The molecule has 0 heterocycles. The van der Waals surface area contributed by atoms with Crippen LogP contribution >= 0.6 is 0 Å². The van der Waals surface area contributed by atoms with E-state index in [-0.39, 0.29) is 6.10 Å². The molecule has 0 bridgehead atoms. The molecule has 0 aliphatic carbocycles. The summed E-state index contributed by atoms with van der Waals surface area (Å²) in [6.45, 7) is 12.7. The summed E-state index contributed by atoms with van der Waals surface area (Å²) < 4.78 is 0. The van der Waals surface area contributed by atoms with Gasteiger partial charge in [-0.3, -0.25) is 0 Å². The Balaban J connectivity index is 3.37. The van der Waals surface area contributed by atoms with Crippen LogP contribution in [0.3, 0.4) is 0 Å². The molecule has 0 aliphatic rings. The number of rotatable bonds is 7. The van der Waals surface area contributed by atoms with Gasteiger partial charge in [-0.1, -0.05) is 47.5 Å². The van der Waals surface area contributed by atoms with Crippen molar-refractivity contribution >= 4 is 0 Å². The minimum atomic E-state index is -0.175. The van der Waals surface area contributed by atoms with E-state index in [1.165, 1.54) is 6.42 Å². The van der Waals surface area contributed by atoms with Crippen LogP contribution in [-0.4, -0.2) is 24.3 Å². The summed E-state index contributed by atoms with van der Waals surface area (Å²) in [6, 6.07) is 0. The van der Waals surface area contributed by atoms with Crippen LogP contribution in [0.2, 0.25) is 0 Å². The first-order valence-corrected chi connectivity index (χ1v) is 6.20. The second-order valence-electron chi connectivity index (χ2n) is 6.17. The number of aliphatic hydroxyl groups excluding tert-OH is 1. The Bertz CT molecular complexity index is 149. The zero-order valence-corrected chi connectivity index (χ0v) is 11.1. The normalized spacial score (nSPS) is 14.6. The quantitative estimate of drug-likeness (QED) is 0.684. The zero-order chi connectivity index (χ0) is 11.9. The lowest BCUT2D eigenvalue weighted by Gasteiger charge is -2.20. The van der Waals surface area contributed by atoms with E-state index in [2.05, 4.69) is 39.9 Å². The van der Waals surface area contributed by atoms with Crippen molar-refractivity contribution in [2.75, 3.05) is 13.1 Å². The van der Waals surface area contributed by atoms with Crippen LogP contribution in [0.15, 0.2) is 0 Å². The highest BCUT2D eigenvalue weighted by molar-refractivity contribution is 4.67. The number of nitrogens with one attached hydrogen (secondary N) is 1. The minimum absolute atomic E-state index is 0.175. The van der Waals surface area contributed by atoms with Crippen molar-refractivity contribution < 1.29 is 5.11 Å². The van der Waals surface area contributed by atoms with E-state index >= 15 is 0 Å². The van der Waals surface area contributed by atoms with Crippen molar-refractivity contribution in [1.29, 1.82) is 0 Å². The molecule has 15 heavy (non-hydrogen) atoms. The van der Waals surface area contributed by atoms with Gasteiger partial charge in [0.25, 0.3) is 0 Å². The lowest BCUT2D eigenvalue weighted by molar-refractivity contribution is 0.152. The predicted molar refractivity (Wildman–Crippen MR) is 67.0 cm³/mol. The van der Waals surface area contributed by atoms with Gasteiger partial charge in [0.15, 0.2) is 0 Å². The topological polar surface area (TPSA) is 32.3 Å². The highest BCUT2D eigenvalue weighted by atomic mass is 16.3. The Morgan fingerprint density at radius 1 is 1.13 bits per heavy atom. The summed E-state index contributed by atoms with van der Waals surface area (Å²) in [6.07, 6.45) is 3.10. The minimum Gasteiger partial charge on any atom is -0.392 e. The Labute approximate surface area is 95.5 Å². The van der Waals surface area contributed by atoms with Crippen LogP contribution in [0.5, 0.6) is 0 Å². The molecule has 0 fully saturated rings. The molecule has 0 aliphatic heterocycles. The molecule has 1 atom stereocenters. The summed E-state index contributed by atoms with van der Waals surface area (Å²) in [5.74, 6) is 0.750. The molecule has 0 aromatic rings. The number of hydrogen-bond acceptors (Lipinski definition) is 2. The van der Waals surface area contributed by atoms with Crippen LogP contribution < -0.4 is 5.32 Å². The molecule has 92 valence electrons. The third kappa shape index (κ3) is 11.8. The maximum Gasteiger partial charge on any atom is 0.0664 e. The van der Waals surface area contributed by atoms with E-state index in [1.807, 2.05) is 0 Å². The van der Waals surface area contributed by atoms with E-state index in [1.54, 1.807) is 0 Å². The molecule has 0 unspecified atom stereocenters. The molecular weight excluding hydrogens is 186 g/mol. The van der Waals surface area contributed by atoms with Gasteiger partial charge in [0.05, 0.1) is 6.10 Å². The third-order valence-electron chi connectivity index (χ3n) is 2.35. The summed E-state index contributed by atoms with van der Waals surface area (Å²) in [4.78, 5) is 0. The maximum absolute atomic E-state index is 9.70. The molecule has 0 saturated carbocycles. The van der Waals surface area contributed by atoms with Gasteiger partial charge in [-0.25, -0.2) is 0 Å². The molecular formula is C13H29NO. The van der Waals surface area contributed by atoms with E-state index in [0.29, 0.717) is 5.41 Å². The second kappa shape index (κ2) is 7.24. The van der Waals surface area contributed by atoms with Crippen molar-refractivity contribution in [3.63, 3.8) is 0 Å². The molecule has 2 N–H and O–H groups in total. The van der Waals surface area contributed by atoms with Gasteiger partial charge in [0, 0.05) is 13.1 Å². The van der Waals surface area contributed by atoms with E-state index in [9.17, 15) is 5.11 Å². The average molecular weight is 215 g/mol. The van der Waals surface area contributed by atoms with Crippen LogP contribution in [0.4, 0.5) is 0 Å². The Hall–Kier alpha value is -0.0800. The van der Waals surface area contributed by atoms with E-state index in [0.717, 1.165) is 31.8 Å². The number of aliphatic hydroxyl groups is 1. The second-order valence-corrected chi connectivity index (χ2v) is 6.17. The molecule has 0 amide bonds. The fourth-order valence-corrected chi connectivity index (χ4v) is 1.48. The predicted octanol–water partition coefficient (Wildman–Crippen LogP) is 2.81. The standard InChI is InChI=1S/C13H29NO/c1-11(2)7-6-8-12(15)9-14-10-13(3,4)5/h11-12,14-15H,6-10H2,1-5H3/t12-/m1/s1. The maximum atomic E-state index is 9.70. The van der Waals surface area contributed by atoms with Gasteiger partial charge in [-0.05, 0) is 17.8 Å². The molecule has 0 aromatic carbocycles.